The van der Waals surface area contributed by atoms with Gasteiger partial charge < -0.3 is 0 Å². The van der Waals surface area contributed by atoms with Crippen LogP contribution >= 0.6 is 0 Å². The maximum absolute atomic E-state index is 15.4. The maximum atomic E-state index is 15.4. The van der Waals surface area contributed by atoms with Crippen molar-refractivity contribution in [3.8, 4) is 44.5 Å². The van der Waals surface area contributed by atoms with Gasteiger partial charge in [0.25, 0.3) is 0 Å². The second kappa shape index (κ2) is 15.2. The van der Waals surface area contributed by atoms with Gasteiger partial charge in [-0.25, -0.2) is 0 Å². The minimum absolute atomic E-state index is 0.00885. The van der Waals surface area contributed by atoms with E-state index in [2.05, 4.69) is 177 Å². The summed E-state index contributed by atoms with van der Waals surface area (Å²) in [7, 11) is 0. The predicted octanol–water partition coefficient (Wildman–Crippen LogP) is 14.7. The van der Waals surface area contributed by atoms with Gasteiger partial charge in [-0.15, -0.1) is 0 Å². The Morgan fingerprint density at radius 3 is 1.08 bits per heavy atom. The molecule has 1 aliphatic heterocycles. The topological polar surface area (TPSA) is 37.4 Å². The highest BCUT2D eigenvalue weighted by molar-refractivity contribution is 6.26. The highest BCUT2D eigenvalue weighted by Crippen LogP contribution is 2.68. The molecule has 306 valence electrons. The minimum atomic E-state index is -0.494. The smallest absolute Gasteiger partial charge is 0.234 e. The SMILES string of the molecule is CCCCCCCCN1C(=O)C2C3C(=C4c5ccc(-c6ccccc6)c6c(-c7ccccc7)ccc(c56)C4C2C1=O)c1ccc(-c2ccccc2)c2c(-c4ccccc4)ccc3c12. The van der Waals surface area contributed by atoms with Crippen LogP contribution in [0, 0.1) is 11.8 Å². The van der Waals surface area contributed by atoms with Gasteiger partial charge in [0, 0.05) is 18.4 Å². The average Bonchev–Trinajstić information content (AvgIpc) is 3.94. The molecule has 12 rings (SSSR count). The second-order valence-electron chi connectivity index (χ2n) is 18.1. The molecule has 1 saturated heterocycles. The lowest BCUT2D eigenvalue weighted by Crippen LogP contribution is -2.33. The number of hydrogen-bond donors (Lipinski definition) is 0. The first-order valence-corrected chi connectivity index (χ1v) is 23.1. The summed E-state index contributed by atoms with van der Waals surface area (Å²) in [6.07, 6.45) is 6.61. The monoisotopic (exact) mass is 815 g/mol. The van der Waals surface area contributed by atoms with Gasteiger partial charge in [0.15, 0.2) is 0 Å². The molecule has 0 spiro atoms. The van der Waals surface area contributed by atoms with Gasteiger partial charge in [-0.2, -0.15) is 0 Å². The summed E-state index contributed by atoms with van der Waals surface area (Å²) < 4.78 is 0. The van der Waals surface area contributed by atoms with Gasteiger partial charge in [0.2, 0.25) is 11.8 Å². The average molecular weight is 816 g/mol. The van der Waals surface area contributed by atoms with Crippen molar-refractivity contribution in [1.82, 2.24) is 4.90 Å². The lowest BCUT2D eigenvalue weighted by Gasteiger charge is -2.36. The standard InChI is InChI=1S/C60H49NO2/c1-2-3-4-5-6-19-36-61-59(62)57-55-47-34-30-43(39-24-15-9-16-25-39)49-41(37-20-11-7-12-21-37)28-32-45(51(47)49)53(55)54-46-33-29-42(38-22-13-8-14-23-38)50-44(40-26-17-10-18-27-40)31-35-48(52(46)50)56(54)58(57)60(61)63/h7-18,20-35,55-58H,2-6,19,36H2,1H3. The molecule has 4 unspecified atom stereocenters. The van der Waals surface area contributed by atoms with Gasteiger partial charge in [0.1, 0.15) is 0 Å². The molecule has 3 nitrogen and oxygen atoms in total. The van der Waals surface area contributed by atoms with Crippen molar-refractivity contribution in [1.29, 1.82) is 0 Å². The molecule has 3 aliphatic carbocycles. The summed E-state index contributed by atoms with van der Waals surface area (Å²) in [5.41, 5.74) is 16.6. The fraction of sp³-hybridized carbons (Fsp3) is 0.200. The van der Waals surface area contributed by atoms with E-state index in [-0.39, 0.29) is 23.7 Å². The summed E-state index contributed by atoms with van der Waals surface area (Å²) in [5, 5.41) is 4.87. The molecule has 0 saturated carbocycles. The number of rotatable bonds is 11. The van der Waals surface area contributed by atoms with Crippen molar-refractivity contribution in [3.63, 3.8) is 0 Å². The Kier molecular flexibility index (Phi) is 9.14. The van der Waals surface area contributed by atoms with Gasteiger partial charge in [-0.1, -0.05) is 209 Å². The fourth-order valence-corrected chi connectivity index (χ4v) is 12.2. The molecule has 4 aliphatic rings. The van der Waals surface area contributed by atoms with Crippen molar-refractivity contribution in [2.24, 2.45) is 11.8 Å². The van der Waals surface area contributed by atoms with E-state index in [1.807, 2.05) is 0 Å². The Morgan fingerprint density at radius 2 is 0.698 bits per heavy atom. The third-order valence-corrected chi connectivity index (χ3v) is 14.8. The van der Waals surface area contributed by atoms with E-state index in [0.29, 0.717) is 6.54 Å². The summed E-state index contributed by atoms with van der Waals surface area (Å²) in [6.45, 7) is 2.72. The molecular formula is C60H49NO2. The Hall–Kier alpha value is -6.84. The molecular weight excluding hydrogens is 767 g/mol. The number of carbonyl (C=O) groups is 2. The first-order chi connectivity index (χ1) is 31.1. The molecule has 0 N–H and O–H groups in total. The van der Waals surface area contributed by atoms with Crippen LogP contribution in [0.2, 0.25) is 0 Å². The molecule has 2 amide bonds. The van der Waals surface area contributed by atoms with Crippen molar-refractivity contribution in [3.05, 3.63) is 192 Å². The quantitative estimate of drug-likeness (QED) is 0.0963. The molecule has 4 atom stereocenters. The lowest BCUT2D eigenvalue weighted by atomic mass is 9.63. The number of benzene rings is 8. The Bertz CT molecular complexity index is 2850. The van der Waals surface area contributed by atoms with Gasteiger partial charge in [-0.05, 0) is 106 Å². The van der Waals surface area contributed by atoms with Crippen LogP contribution in [-0.2, 0) is 9.59 Å². The Balaban J connectivity index is 1.15. The second-order valence-corrected chi connectivity index (χ2v) is 18.1. The van der Waals surface area contributed by atoms with Crippen LogP contribution in [0.1, 0.15) is 79.5 Å². The highest BCUT2D eigenvalue weighted by atomic mass is 16.2. The van der Waals surface area contributed by atoms with Crippen LogP contribution in [-0.4, -0.2) is 23.3 Å². The number of allylic oxidation sites excluding steroid dienone is 2. The van der Waals surface area contributed by atoms with E-state index >= 15 is 9.59 Å². The Labute approximate surface area is 369 Å². The fourth-order valence-electron chi connectivity index (χ4n) is 12.2. The first-order valence-electron chi connectivity index (χ1n) is 23.1. The summed E-state index contributed by atoms with van der Waals surface area (Å²) >= 11 is 0. The number of imide groups is 1. The molecule has 3 heteroatoms. The molecule has 1 fully saturated rings. The number of amides is 2. The summed E-state index contributed by atoms with van der Waals surface area (Å²) in [5.74, 6) is -1.46. The molecule has 0 aromatic heterocycles. The third kappa shape index (κ3) is 5.71. The number of fused-ring (bicyclic) bond motifs is 9. The highest BCUT2D eigenvalue weighted by Gasteiger charge is 2.62. The minimum Gasteiger partial charge on any atom is -0.282 e. The van der Waals surface area contributed by atoms with Crippen molar-refractivity contribution in [2.45, 2.75) is 57.3 Å². The first kappa shape index (κ1) is 37.9. The number of unbranched alkanes of at least 4 members (excludes halogenated alkanes) is 5. The van der Waals surface area contributed by atoms with Crippen LogP contribution < -0.4 is 0 Å². The zero-order valence-corrected chi connectivity index (χ0v) is 35.7. The number of nitrogens with zero attached hydrogens (tertiary/aromatic N) is 1. The molecule has 8 aromatic carbocycles. The normalized spacial score (nSPS) is 19.3. The molecule has 0 bridgehead atoms. The van der Waals surface area contributed by atoms with Crippen LogP contribution in [0.15, 0.2) is 170 Å². The molecule has 0 radical (unpaired) electrons. The van der Waals surface area contributed by atoms with Crippen LogP contribution in [0.25, 0.3) is 77.2 Å². The van der Waals surface area contributed by atoms with E-state index < -0.39 is 11.8 Å². The number of hydrogen-bond acceptors (Lipinski definition) is 2. The van der Waals surface area contributed by atoms with Crippen LogP contribution in [0.5, 0.6) is 0 Å². The Morgan fingerprint density at radius 1 is 0.365 bits per heavy atom. The molecule has 1 heterocycles. The van der Waals surface area contributed by atoms with E-state index in [4.69, 9.17) is 0 Å². The number of likely N-dealkylation sites (tertiary alicyclic amines) is 1. The molecule has 63 heavy (non-hydrogen) atoms. The van der Waals surface area contributed by atoms with Crippen LogP contribution in [0.3, 0.4) is 0 Å². The van der Waals surface area contributed by atoms with Gasteiger partial charge >= 0.3 is 0 Å². The summed E-state index contributed by atoms with van der Waals surface area (Å²) in [4.78, 5) is 32.4. The van der Waals surface area contributed by atoms with E-state index in [1.54, 1.807) is 4.90 Å². The maximum Gasteiger partial charge on any atom is 0.234 e. The van der Waals surface area contributed by atoms with E-state index in [0.717, 1.165) is 19.3 Å². The lowest BCUT2D eigenvalue weighted by molar-refractivity contribution is -0.140. The predicted molar refractivity (Wildman–Crippen MR) is 259 cm³/mol. The van der Waals surface area contributed by atoms with Gasteiger partial charge in [0.05, 0.1) is 11.8 Å². The number of carbonyl (C=O) groups excluding carboxylic acids is 2. The van der Waals surface area contributed by atoms with Crippen molar-refractivity contribution in [2.75, 3.05) is 6.54 Å². The largest absolute Gasteiger partial charge is 0.282 e. The third-order valence-electron chi connectivity index (χ3n) is 14.8. The zero-order chi connectivity index (χ0) is 42.2. The van der Waals surface area contributed by atoms with Crippen molar-refractivity contribution >= 4 is 44.5 Å². The van der Waals surface area contributed by atoms with E-state index in [9.17, 15) is 0 Å². The molecule has 8 aromatic rings. The van der Waals surface area contributed by atoms with Crippen molar-refractivity contribution < 1.29 is 9.59 Å². The van der Waals surface area contributed by atoms with Crippen LogP contribution in [0.4, 0.5) is 0 Å². The summed E-state index contributed by atoms with van der Waals surface area (Å²) in [6, 6.07) is 61.4. The van der Waals surface area contributed by atoms with E-state index in [1.165, 1.54) is 119 Å². The van der Waals surface area contributed by atoms with Gasteiger partial charge in [-0.3, -0.25) is 14.5 Å². The zero-order valence-electron chi connectivity index (χ0n) is 35.7.